The van der Waals surface area contributed by atoms with Gasteiger partial charge in [-0.3, -0.25) is 0 Å². The molecule has 0 amide bonds. The molecule has 0 heterocycles. The molecule has 0 aliphatic rings. The first-order valence-corrected chi connectivity index (χ1v) is 7.64. The Bertz CT molecular complexity index is 547. The van der Waals surface area contributed by atoms with E-state index in [1.54, 1.807) is 0 Å². The highest BCUT2D eigenvalue weighted by molar-refractivity contribution is 5.69. The van der Waals surface area contributed by atoms with Crippen LogP contribution >= 0.6 is 0 Å². The highest BCUT2D eigenvalue weighted by Crippen LogP contribution is 2.28. The Kier molecular flexibility index (Phi) is 5.26. The van der Waals surface area contributed by atoms with Crippen LogP contribution in [0, 0.1) is 5.92 Å². The van der Waals surface area contributed by atoms with Crippen LogP contribution in [0.1, 0.15) is 25.3 Å². The van der Waals surface area contributed by atoms with Gasteiger partial charge in [0.05, 0.1) is 11.4 Å². The molecule has 2 nitrogen and oxygen atoms in total. The molecule has 2 aromatic carbocycles. The smallest absolute Gasteiger partial charge is 0.0596 e. The monoisotopic (exact) mass is 282 g/mol. The molecule has 0 saturated heterocycles. The van der Waals surface area contributed by atoms with E-state index < -0.39 is 0 Å². The first kappa shape index (κ1) is 15.4. The largest absolute Gasteiger partial charge is 0.383 e. The lowest BCUT2D eigenvalue weighted by Crippen LogP contribution is -2.19. The highest BCUT2D eigenvalue weighted by atomic mass is 15.1. The molecule has 0 radical (unpaired) electrons. The van der Waals surface area contributed by atoms with E-state index in [1.807, 2.05) is 0 Å². The standard InChI is InChI=1S/C19H26N2/c1-15(2)17(16-10-6-5-7-11-16)14-20-18-12-8-9-13-19(18)21(3)4/h5-13,15,17,20H,14H2,1-4H3. The molecule has 2 rings (SSSR count). The Morgan fingerprint density at radius 2 is 1.52 bits per heavy atom. The summed E-state index contributed by atoms with van der Waals surface area (Å²) in [6, 6.07) is 19.2. The summed E-state index contributed by atoms with van der Waals surface area (Å²) in [5, 5.41) is 3.63. The van der Waals surface area contributed by atoms with Gasteiger partial charge >= 0.3 is 0 Å². The topological polar surface area (TPSA) is 15.3 Å². The molecule has 112 valence electrons. The van der Waals surface area contributed by atoms with Gasteiger partial charge < -0.3 is 10.2 Å². The van der Waals surface area contributed by atoms with Crippen LogP contribution in [-0.2, 0) is 0 Å². The van der Waals surface area contributed by atoms with Crippen LogP contribution in [0.15, 0.2) is 54.6 Å². The van der Waals surface area contributed by atoms with Crippen molar-refractivity contribution in [2.45, 2.75) is 19.8 Å². The van der Waals surface area contributed by atoms with Crippen molar-refractivity contribution in [2.24, 2.45) is 5.92 Å². The minimum atomic E-state index is 0.515. The molecule has 21 heavy (non-hydrogen) atoms. The van der Waals surface area contributed by atoms with Gasteiger partial charge in [-0.25, -0.2) is 0 Å². The number of anilines is 2. The van der Waals surface area contributed by atoms with Crippen LogP contribution in [0.2, 0.25) is 0 Å². The molecular formula is C19H26N2. The lowest BCUT2D eigenvalue weighted by atomic mass is 9.88. The van der Waals surface area contributed by atoms with Crippen molar-refractivity contribution in [1.82, 2.24) is 0 Å². The minimum Gasteiger partial charge on any atom is -0.383 e. The predicted molar refractivity (Wildman–Crippen MR) is 93.3 cm³/mol. The first-order valence-electron chi connectivity index (χ1n) is 7.64. The maximum atomic E-state index is 3.63. The van der Waals surface area contributed by atoms with E-state index in [0.29, 0.717) is 11.8 Å². The minimum absolute atomic E-state index is 0.515. The van der Waals surface area contributed by atoms with Crippen molar-refractivity contribution in [3.05, 3.63) is 60.2 Å². The van der Waals surface area contributed by atoms with E-state index >= 15 is 0 Å². The van der Waals surface area contributed by atoms with E-state index in [4.69, 9.17) is 0 Å². The van der Waals surface area contributed by atoms with Crippen LogP contribution in [-0.4, -0.2) is 20.6 Å². The zero-order chi connectivity index (χ0) is 15.2. The van der Waals surface area contributed by atoms with Gasteiger partial charge in [-0.2, -0.15) is 0 Å². The summed E-state index contributed by atoms with van der Waals surface area (Å²) < 4.78 is 0. The van der Waals surface area contributed by atoms with E-state index in [1.165, 1.54) is 16.9 Å². The summed E-state index contributed by atoms with van der Waals surface area (Å²) in [5.74, 6) is 1.12. The number of para-hydroxylation sites is 2. The second-order valence-electron chi connectivity index (χ2n) is 6.05. The van der Waals surface area contributed by atoms with Crippen molar-refractivity contribution in [3.8, 4) is 0 Å². The number of hydrogen-bond acceptors (Lipinski definition) is 2. The Balaban J connectivity index is 2.13. The second kappa shape index (κ2) is 7.16. The average Bonchev–Trinajstić information content (AvgIpc) is 2.48. The summed E-state index contributed by atoms with van der Waals surface area (Å²) in [4.78, 5) is 2.15. The predicted octanol–water partition coefficient (Wildman–Crippen LogP) is 4.60. The lowest BCUT2D eigenvalue weighted by molar-refractivity contribution is 0.517. The summed E-state index contributed by atoms with van der Waals surface area (Å²) >= 11 is 0. The van der Waals surface area contributed by atoms with E-state index in [9.17, 15) is 0 Å². The van der Waals surface area contributed by atoms with Gasteiger partial charge in [0.1, 0.15) is 0 Å². The number of hydrogen-bond donors (Lipinski definition) is 1. The van der Waals surface area contributed by atoms with E-state index in [0.717, 1.165) is 6.54 Å². The molecular weight excluding hydrogens is 256 g/mol. The number of nitrogens with one attached hydrogen (secondary N) is 1. The van der Waals surface area contributed by atoms with E-state index in [2.05, 4.69) is 92.8 Å². The highest BCUT2D eigenvalue weighted by Gasteiger charge is 2.16. The fraction of sp³-hybridized carbons (Fsp3) is 0.368. The third-order valence-corrected chi connectivity index (χ3v) is 3.93. The molecule has 0 aromatic heterocycles. The summed E-state index contributed by atoms with van der Waals surface area (Å²) in [7, 11) is 4.16. The van der Waals surface area contributed by atoms with Crippen LogP contribution in [0.25, 0.3) is 0 Å². The molecule has 0 saturated carbocycles. The summed E-state index contributed by atoms with van der Waals surface area (Å²) in [6.07, 6.45) is 0. The molecule has 2 heteroatoms. The van der Waals surface area contributed by atoms with E-state index in [-0.39, 0.29) is 0 Å². The molecule has 0 aliphatic heterocycles. The Labute approximate surface area is 128 Å². The SMILES string of the molecule is CC(C)C(CNc1ccccc1N(C)C)c1ccccc1. The van der Waals surface area contributed by atoms with Gasteiger partial charge in [0.2, 0.25) is 0 Å². The molecule has 0 bridgehead atoms. The molecule has 0 fully saturated rings. The Hall–Kier alpha value is -1.96. The molecule has 0 aliphatic carbocycles. The van der Waals surface area contributed by atoms with Crippen molar-refractivity contribution < 1.29 is 0 Å². The Morgan fingerprint density at radius 1 is 0.905 bits per heavy atom. The third kappa shape index (κ3) is 4.01. The lowest BCUT2D eigenvalue weighted by Gasteiger charge is -2.24. The molecule has 2 aromatic rings. The van der Waals surface area contributed by atoms with Gasteiger partial charge in [0.15, 0.2) is 0 Å². The Morgan fingerprint density at radius 3 is 2.14 bits per heavy atom. The normalized spacial score (nSPS) is 12.2. The fourth-order valence-corrected chi connectivity index (χ4v) is 2.67. The number of nitrogens with zero attached hydrogens (tertiary/aromatic N) is 1. The molecule has 1 N–H and O–H groups in total. The molecule has 1 atom stereocenters. The second-order valence-corrected chi connectivity index (χ2v) is 6.05. The molecule has 0 spiro atoms. The fourth-order valence-electron chi connectivity index (χ4n) is 2.67. The van der Waals surface area contributed by atoms with Gasteiger partial charge in [-0.1, -0.05) is 56.3 Å². The summed E-state index contributed by atoms with van der Waals surface area (Å²) in [6.45, 7) is 5.53. The summed E-state index contributed by atoms with van der Waals surface area (Å²) in [5.41, 5.74) is 3.83. The third-order valence-electron chi connectivity index (χ3n) is 3.93. The first-order chi connectivity index (χ1) is 10.1. The zero-order valence-corrected chi connectivity index (χ0v) is 13.5. The number of rotatable bonds is 6. The van der Waals surface area contributed by atoms with Crippen molar-refractivity contribution in [3.63, 3.8) is 0 Å². The van der Waals surface area contributed by atoms with Gasteiger partial charge in [-0.05, 0) is 23.6 Å². The van der Waals surface area contributed by atoms with Crippen molar-refractivity contribution in [1.29, 1.82) is 0 Å². The van der Waals surface area contributed by atoms with Gasteiger partial charge in [0.25, 0.3) is 0 Å². The zero-order valence-electron chi connectivity index (χ0n) is 13.5. The molecule has 1 unspecified atom stereocenters. The average molecular weight is 282 g/mol. The van der Waals surface area contributed by atoms with Crippen molar-refractivity contribution >= 4 is 11.4 Å². The quantitative estimate of drug-likeness (QED) is 0.832. The van der Waals surface area contributed by atoms with Crippen LogP contribution < -0.4 is 10.2 Å². The van der Waals surface area contributed by atoms with Gasteiger partial charge in [0, 0.05) is 26.6 Å². The van der Waals surface area contributed by atoms with Crippen LogP contribution in [0.4, 0.5) is 11.4 Å². The number of benzene rings is 2. The van der Waals surface area contributed by atoms with Crippen molar-refractivity contribution in [2.75, 3.05) is 30.9 Å². The van der Waals surface area contributed by atoms with Crippen LogP contribution in [0.3, 0.4) is 0 Å². The van der Waals surface area contributed by atoms with Gasteiger partial charge in [-0.15, -0.1) is 0 Å². The maximum absolute atomic E-state index is 3.63. The maximum Gasteiger partial charge on any atom is 0.0596 e. The van der Waals surface area contributed by atoms with Crippen LogP contribution in [0.5, 0.6) is 0 Å².